The van der Waals surface area contributed by atoms with E-state index in [1.54, 1.807) is 0 Å². The molecular weight excluding hydrogens is 320 g/mol. The van der Waals surface area contributed by atoms with Crippen molar-refractivity contribution in [3.05, 3.63) is 16.4 Å². The molecule has 3 heterocycles. The van der Waals surface area contributed by atoms with E-state index < -0.39 is 0 Å². The summed E-state index contributed by atoms with van der Waals surface area (Å²) in [5.41, 5.74) is 0.00990. The normalized spacial score (nSPS) is 19.8. The highest BCUT2D eigenvalue weighted by Crippen LogP contribution is 2.33. The van der Waals surface area contributed by atoms with Gasteiger partial charge in [-0.1, -0.05) is 13.3 Å². The van der Waals surface area contributed by atoms with Crippen molar-refractivity contribution in [2.24, 2.45) is 5.92 Å². The Hall–Kier alpha value is -1.96. The van der Waals surface area contributed by atoms with Crippen molar-refractivity contribution in [3.8, 4) is 0 Å². The summed E-state index contributed by atoms with van der Waals surface area (Å²) < 4.78 is 0. The molecule has 0 bridgehead atoms. The quantitative estimate of drug-likeness (QED) is 0.624. The van der Waals surface area contributed by atoms with Crippen LogP contribution in [0.3, 0.4) is 0 Å². The van der Waals surface area contributed by atoms with Crippen molar-refractivity contribution in [1.29, 1.82) is 0 Å². The monoisotopic (exact) mass is 348 g/mol. The van der Waals surface area contributed by atoms with E-state index in [4.69, 9.17) is 0 Å². The number of hydrogen-bond acceptors (Lipinski definition) is 7. The lowest BCUT2D eigenvalue weighted by Crippen LogP contribution is -2.35. The number of hydrogen-bond donors (Lipinski definition) is 1. The fourth-order valence-corrected chi connectivity index (χ4v) is 3.63. The fourth-order valence-electron chi connectivity index (χ4n) is 3.63. The molecule has 1 N–H and O–H groups in total. The molecule has 2 aliphatic rings. The number of nitro groups is 1. The van der Waals surface area contributed by atoms with Crippen LogP contribution in [0.15, 0.2) is 6.33 Å². The summed E-state index contributed by atoms with van der Waals surface area (Å²) in [6, 6.07) is 0. The Morgan fingerprint density at radius 2 is 1.92 bits per heavy atom. The minimum Gasteiger partial charge on any atom is -0.363 e. The molecule has 1 aromatic rings. The zero-order valence-corrected chi connectivity index (χ0v) is 15.0. The van der Waals surface area contributed by atoms with E-state index in [1.807, 2.05) is 4.90 Å². The van der Waals surface area contributed by atoms with Gasteiger partial charge in [-0.15, -0.1) is 0 Å². The van der Waals surface area contributed by atoms with Gasteiger partial charge in [0.2, 0.25) is 11.6 Å². The molecule has 0 aromatic carbocycles. The highest BCUT2D eigenvalue weighted by Gasteiger charge is 2.28. The van der Waals surface area contributed by atoms with Gasteiger partial charge in [0.1, 0.15) is 6.33 Å². The van der Waals surface area contributed by atoms with E-state index >= 15 is 0 Å². The van der Waals surface area contributed by atoms with E-state index in [0.29, 0.717) is 24.1 Å². The first kappa shape index (κ1) is 17.8. The number of nitrogens with zero attached hydrogens (tertiary/aromatic N) is 5. The molecule has 1 aromatic heterocycles. The lowest BCUT2D eigenvalue weighted by Gasteiger charge is -2.31. The van der Waals surface area contributed by atoms with Crippen LogP contribution in [0.5, 0.6) is 0 Å². The van der Waals surface area contributed by atoms with Crippen LogP contribution in [0.1, 0.15) is 39.0 Å². The summed E-state index contributed by atoms with van der Waals surface area (Å²) >= 11 is 0. The Morgan fingerprint density at radius 1 is 1.20 bits per heavy atom. The summed E-state index contributed by atoms with van der Waals surface area (Å²) in [5, 5.41) is 14.8. The molecule has 2 saturated heterocycles. The first-order valence-corrected chi connectivity index (χ1v) is 9.35. The molecule has 8 heteroatoms. The number of likely N-dealkylation sites (tertiary alicyclic amines) is 1. The molecule has 0 aliphatic carbocycles. The van der Waals surface area contributed by atoms with Gasteiger partial charge >= 0.3 is 5.69 Å². The van der Waals surface area contributed by atoms with Crippen LogP contribution in [0.4, 0.5) is 17.3 Å². The molecule has 0 amide bonds. The van der Waals surface area contributed by atoms with Crippen molar-refractivity contribution in [2.75, 3.05) is 49.5 Å². The third kappa shape index (κ3) is 4.56. The summed E-state index contributed by atoms with van der Waals surface area (Å²) in [7, 11) is 0. The summed E-state index contributed by atoms with van der Waals surface area (Å²) in [4.78, 5) is 24.1. The van der Waals surface area contributed by atoms with Crippen LogP contribution >= 0.6 is 0 Å². The van der Waals surface area contributed by atoms with Gasteiger partial charge in [-0.2, -0.15) is 0 Å². The van der Waals surface area contributed by atoms with Crippen LogP contribution in [0, 0.1) is 16.0 Å². The van der Waals surface area contributed by atoms with Crippen molar-refractivity contribution in [3.63, 3.8) is 0 Å². The van der Waals surface area contributed by atoms with Gasteiger partial charge in [0.25, 0.3) is 0 Å². The van der Waals surface area contributed by atoms with Crippen LogP contribution in [0.25, 0.3) is 0 Å². The SMILES string of the molecule is CC1CCN(c2ncnc(NCCN3CCCCC3)c2[N+](=O)[O-])CC1. The number of anilines is 2. The van der Waals surface area contributed by atoms with Gasteiger partial charge in [-0.25, -0.2) is 9.97 Å². The zero-order valence-electron chi connectivity index (χ0n) is 15.0. The first-order chi connectivity index (χ1) is 12.1. The van der Waals surface area contributed by atoms with Crippen LogP contribution in [-0.4, -0.2) is 59.1 Å². The predicted molar refractivity (Wildman–Crippen MR) is 98.1 cm³/mol. The number of rotatable bonds is 6. The van der Waals surface area contributed by atoms with E-state index in [9.17, 15) is 10.1 Å². The van der Waals surface area contributed by atoms with Crippen molar-refractivity contribution in [2.45, 2.75) is 39.0 Å². The van der Waals surface area contributed by atoms with Crippen LogP contribution < -0.4 is 10.2 Å². The average molecular weight is 348 g/mol. The molecule has 25 heavy (non-hydrogen) atoms. The van der Waals surface area contributed by atoms with Crippen molar-refractivity contribution in [1.82, 2.24) is 14.9 Å². The minimum absolute atomic E-state index is 0.00990. The maximum Gasteiger partial charge on any atom is 0.353 e. The lowest BCUT2D eigenvalue weighted by molar-refractivity contribution is -0.383. The van der Waals surface area contributed by atoms with Crippen LogP contribution in [0.2, 0.25) is 0 Å². The van der Waals surface area contributed by atoms with Crippen molar-refractivity contribution >= 4 is 17.3 Å². The molecule has 8 nitrogen and oxygen atoms in total. The maximum atomic E-state index is 11.7. The Balaban J connectivity index is 1.68. The average Bonchev–Trinajstić information content (AvgIpc) is 2.63. The number of aromatic nitrogens is 2. The Kier molecular flexibility index (Phi) is 6.01. The molecule has 2 aliphatic heterocycles. The van der Waals surface area contributed by atoms with E-state index in [1.165, 1.54) is 25.6 Å². The first-order valence-electron chi connectivity index (χ1n) is 9.35. The predicted octanol–water partition coefficient (Wildman–Crippen LogP) is 2.52. The molecular formula is C17H28N6O2. The third-order valence-corrected chi connectivity index (χ3v) is 5.24. The van der Waals surface area contributed by atoms with E-state index in [-0.39, 0.29) is 10.6 Å². The van der Waals surface area contributed by atoms with Gasteiger partial charge in [0.05, 0.1) is 4.92 Å². The number of nitrogens with one attached hydrogen (secondary N) is 1. The molecule has 0 unspecified atom stereocenters. The number of piperidine rings is 2. The molecule has 0 saturated carbocycles. The topological polar surface area (TPSA) is 87.4 Å². The van der Waals surface area contributed by atoms with Gasteiger partial charge in [0.15, 0.2) is 0 Å². The smallest absolute Gasteiger partial charge is 0.353 e. The van der Waals surface area contributed by atoms with Gasteiger partial charge in [-0.05, 0) is 44.7 Å². The van der Waals surface area contributed by atoms with Crippen LogP contribution in [-0.2, 0) is 0 Å². The molecule has 0 spiro atoms. The highest BCUT2D eigenvalue weighted by atomic mass is 16.6. The second-order valence-corrected chi connectivity index (χ2v) is 7.15. The second-order valence-electron chi connectivity index (χ2n) is 7.15. The molecule has 0 radical (unpaired) electrons. The van der Waals surface area contributed by atoms with Crippen molar-refractivity contribution < 1.29 is 4.92 Å². The fraction of sp³-hybridized carbons (Fsp3) is 0.765. The highest BCUT2D eigenvalue weighted by molar-refractivity contribution is 5.70. The molecule has 138 valence electrons. The summed E-state index contributed by atoms with van der Waals surface area (Å²) in [6.07, 6.45) is 7.30. The Bertz CT molecular complexity index is 583. The summed E-state index contributed by atoms with van der Waals surface area (Å²) in [6.45, 7) is 7.62. The molecule has 3 rings (SSSR count). The van der Waals surface area contributed by atoms with Gasteiger partial charge < -0.3 is 15.1 Å². The third-order valence-electron chi connectivity index (χ3n) is 5.24. The second kappa shape index (κ2) is 8.42. The Labute approximate surface area is 148 Å². The zero-order chi connectivity index (χ0) is 17.6. The standard InChI is InChI=1S/C17H28N6O2/c1-14-5-10-22(11-6-14)17-15(23(24)25)16(19-13-20-17)18-7-12-21-8-3-2-4-9-21/h13-14H,2-12H2,1H3,(H,18,19,20). The summed E-state index contributed by atoms with van der Waals surface area (Å²) in [5.74, 6) is 1.46. The minimum atomic E-state index is -0.351. The molecule has 0 atom stereocenters. The lowest BCUT2D eigenvalue weighted by atomic mass is 9.99. The Morgan fingerprint density at radius 3 is 2.60 bits per heavy atom. The van der Waals surface area contributed by atoms with E-state index in [2.05, 4.69) is 27.1 Å². The van der Waals surface area contributed by atoms with E-state index in [0.717, 1.165) is 45.6 Å². The molecule has 2 fully saturated rings. The largest absolute Gasteiger partial charge is 0.363 e. The van der Waals surface area contributed by atoms with Gasteiger partial charge in [-0.3, -0.25) is 10.1 Å². The van der Waals surface area contributed by atoms with Gasteiger partial charge in [0, 0.05) is 26.2 Å². The maximum absolute atomic E-state index is 11.7.